The Morgan fingerprint density at radius 1 is 1.11 bits per heavy atom. The zero-order chi connectivity index (χ0) is 24.5. The van der Waals surface area contributed by atoms with Gasteiger partial charge in [0, 0.05) is 32.2 Å². The van der Waals surface area contributed by atoms with Crippen molar-refractivity contribution in [3.05, 3.63) is 29.6 Å². The van der Waals surface area contributed by atoms with Gasteiger partial charge >= 0.3 is 0 Å². The van der Waals surface area contributed by atoms with Gasteiger partial charge in [0.25, 0.3) is 6.43 Å². The molecule has 186 valence electrons. The number of benzene rings is 1. The zero-order valence-electron chi connectivity index (χ0n) is 19.1. The Bertz CT molecular complexity index is 1230. The number of ether oxygens (including phenoxy) is 1. The van der Waals surface area contributed by atoms with E-state index in [2.05, 4.69) is 25.3 Å². The van der Waals surface area contributed by atoms with Crippen LogP contribution < -0.4 is 15.1 Å². The summed E-state index contributed by atoms with van der Waals surface area (Å²) < 4.78 is 35.0. The van der Waals surface area contributed by atoms with E-state index in [1.54, 1.807) is 12.1 Å². The highest BCUT2D eigenvalue weighted by molar-refractivity contribution is 6.27. The summed E-state index contributed by atoms with van der Waals surface area (Å²) in [6.07, 6.45) is -2.14. The van der Waals surface area contributed by atoms with E-state index in [4.69, 9.17) is 16.3 Å². The summed E-state index contributed by atoms with van der Waals surface area (Å²) in [6, 6.07) is 5.24. The molecule has 0 radical (unpaired) electrons. The van der Waals surface area contributed by atoms with Crippen LogP contribution >= 0.6 is 11.6 Å². The highest BCUT2D eigenvalue weighted by Gasteiger charge is 2.29. The van der Waals surface area contributed by atoms with Crippen molar-refractivity contribution in [2.24, 2.45) is 0 Å². The number of hydrogen-bond acceptors (Lipinski definition) is 8. The summed E-state index contributed by atoms with van der Waals surface area (Å²) in [4.78, 5) is 33.7. The fraction of sp³-hybridized carbons (Fsp3) is 0.500. The number of morpholine rings is 1. The maximum atomic E-state index is 14.1. The lowest BCUT2D eigenvalue weighted by Crippen LogP contribution is -2.39. The number of fused-ring (bicyclic) bond motifs is 1. The number of aryl methyl sites for hydroxylation is 1. The number of aromatic nitrogens is 5. The maximum Gasteiger partial charge on any atom is 0.296 e. The topological polar surface area (TPSA) is 101 Å². The molecule has 1 atom stereocenters. The zero-order valence-corrected chi connectivity index (χ0v) is 19.9. The first-order chi connectivity index (χ1) is 16.9. The van der Waals surface area contributed by atoms with Crippen LogP contribution in [-0.4, -0.2) is 81.7 Å². The highest BCUT2D eigenvalue weighted by Crippen LogP contribution is 2.30. The van der Waals surface area contributed by atoms with Gasteiger partial charge in [-0.2, -0.15) is 15.0 Å². The van der Waals surface area contributed by atoms with Crippen LogP contribution in [0.2, 0.25) is 0 Å². The van der Waals surface area contributed by atoms with E-state index >= 15 is 0 Å². The van der Waals surface area contributed by atoms with Crippen molar-refractivity contribution in [1.29, 1.82) is 0 Å². The number of carbonyl (C=O) groups is 1. The van der Waals surface area contributed by atoms with E-state index in [1.165, 1.54) is 4.57 Å². The summed E-state index contributed by atoms with van der Waals surface area (Å²) in [6.45, 7) is 5.06. The van der Waals surface area contributed by atoms with Gasteiger partial charge in [-0.3, -0.25) is 9.36 Å². The predicted octanol–water partition coefficient (Wildman–Crippen LogP) is 2.23. The standard InChI is InChI=1S/C22H25ClF2N8O2/c1-13-3-2-4-15-17(13)27-19(18(24)25)33(15)22-29-20(31-7-9-35-10-8-31)28-21(30-22)32-6-5-14(12-32)26-16(34)11-23/h2-4,14,18H,5-12H2,1H3,(H,26,34)/t14-/m1/s1. The van der Waals surface area contributed by atoms with Gasteiger partial charge < -0.3 is 19.9 Å². The second-order valence-corrected chi connectivity index (χ2v) is 8.78. The molecule has 13 heteroatoms. The Hall–Kier alpha value is -3.12. The minimum Gasteiger partial charge on any atom is -0.378 e. The SMILES string of the molecule is Cc1cccc2c1nc(C(F)F)n2-c1nc(N2CCOCC2)nc(N2CC[C@@H](NC(=O)CCl)C2)n1. The Labute approximate surface area is 205 Å². The molecule has 3 aromatic rings. The van der Waals surface area contributed by atoms with Gasteiger partial charge in [-0.05, 0) is 25.0 Å². The minimum atomic E-state index is -2.82. The van der Waals surface area contributed by atoms with Crippen LogP contribution in [0.3, 0.4) is 0 Å². The summed E-state index contributed by atoms with van der Waals surface area (Å²) in [5.74, 6) is 0.0360. The van der Waals surface area contributed by atoms with E-state index in [0.717, 1.165) is 5.56 Å². The Kier molecular flexibility index (Phi) is 6.65. The van der Waals surface area contributed by atoms with E-state index < -0.39 is 12.2 Å². The van der Waals surface area contributed by atoms with Crippen molar-refractivity contribution >= 4 is 40.4 Å². The van der Waals surface area contributed by atoms with E-state index in [0.29, 0.717) is 68.7 Å². The van der Waals surface area contributed by atoms with Crippen molar-refractivity contribution in [1.82, 2.24) is 29.8 Å². The van der Waals surface area contributed by atoms with E-state index in [-0.39, 0.29) is 23.8 Å². The lowest BCUT2D eigenvalue weighted by Gasteiger charge is -2.28. The smallest absolute Gasteiger partial charge is 0.296 e. The van der Waals surface area contributed by atoms with Gasteiger partial charge in [-0.15, -0.1) is 11.6 Å². The number of nitrogens with one attached hydrogen (secondary N) is 1. The number of imidazole rings is 1. The van der Waals surface area contributed by atoms with Crippen molar-refractivity contribution in [2.75, 3.05) is 55.1 Å². The van der Waals surface area contributed by atoms with Gasteiger partial charge in [0.1, 0.15) is 5.88 Å². The molecule has 0 saturated carbocycles. The van der Waals surface area contributed by atoms with Gasteiger partial charge in [0.15, 0.2) is 5.82 Å². The van der Waals surface area contributed by atoms with E-state index in [1.807, 2.05) is 22.8 Å². The van der Waals surface area contributed by atoms with Crippen molar-refractivity contribution in [3.8, 4) is 5.95 Å². The fourth-order valence-electron chi connectivity index (χ4n) is 4.43. The molecule has 0 spiro atoms. The molecule has 10 nitrogen and oxygen atoms in total. The summed E-state index contributed by atoms with van der Waals surface area (Å²) in [7, 11) is 0. The number of para-hydroxylation sites is 1. The average molecular weight is 507 g/mol. The first-order valence-electron chi connectivity index (χ1n) is 11.4. The molecular formula is C22H25ClF2N8O2. The molecule has 2 aliphatic rings. The number of halogens is 3. The Morgan fingerprint density at radius 3 is 2.54 bits per heavy atom. The lowest BCUT2D eigenvalue weighted by atomic mass is 10.2. The number of amides is 1. The molecule has 2 aromatic heterocycles. The first-order valence-corrected chi connectivity index (χ1v) is 11.9. The molecule has 1 amide bonds. The van der Waals surface area contributed by atoms with Crippen LogP contribution in [0.25, 0.3) is 17.0 Å². The van der Waals surface area contributed by atoms with Crippen LogP contribution in [-0.2, 0) is 9.53 Å². The molecule has 5 rings (SSSR count). The van der Waals surface area contributed by atoms with Gasteiger partial charge in [0.05, 0.1) is 24.2 Å². The third kappa shape index (κ3) is 4.72. The van der Waals surface area contributed by atoms with Crippen LogP contribution in [0.5, 0.6) is 0 Å². The Morgan fingerprint density at radius 2 is 1.83 bits per heavy atom. The molecule has 2 aliphatic heterocycles. The van der Waals surface area contributed by atoms with Crippen molar-refractivity contribution in [3.63, 3.8) is 0 Å². The lowest BCUT2D eigenvalue weighted by molar-refractivity contribution is -0.119. The molecule has 0 bridgehead atoms. The number of rotatable bonds is 6. The quantitative estimate of drug-likeness (QED) is 0.508. The molecule has 35 heavy (non-hydrogen) atoms. The largest absolute Gasteiger partial charge is 0.378 e. The molecule has 1 aromatic carbocycles. The fourth-order valence-corrected chi connectivity index (χ4v) is 4.51. The molecule has 4 heterocycles. The third-order valence-corrected chi connectivity index (χ3v) is 6.40. The normalized spacial score (nSPS) is 18.6. The number of anilines is 2. The molecule has 2 saturated heterocycles. The molecule has 1 N–H and O–H groups in total. The van der Waals surface area contributed by atoms with Crippen LogP contribution in [0.15, 0.2) is 18.2 Å². The molecule has 2 fully saturated rings. The van der Waals surface area contributed by atoms with Gasteiger partial charge in [-0.1, -0.05) is 12.1 Å². The van der Waals surface area contributed by atoms with Crippen LogP contribution in [0, 0.1) is 6.92 Å². The van der Waals surface area contributed by atoms with Gasteiger partial charge in [-0.25, -0.2) is 13.8 Å². The third-order valence-electron chi connectivity index (χ3n) is 6.16. The van der Waals surface area contributed by atoms with Crippen molar-refractivity contribution in [2.45, 2.75) is 25.8 Å². The Balaban J connectivity index is 1.60. The second kappa shape index (κ2) is 9.86. The average Bonchev–Trinajstić information content (AvgIpc) is 3.50. The predicted molar refractivity (Wildman–Crippen MR) is 127 cm³/mol. The van der Waals surface area contributed by atoms with E-state index in [9.17, 15) is 13.6 Å². The maximum absolute atomic E-state index is 14.1. The van der Waals surface area contributed by atoms with Crippen molar-refractivity contribution < 1.29 is 18.3 Å². The summed E-state index contributed by atoms with van der Waals surface area (Å²) in [5.41, 5.74) is 1.75. The van der Waals surface area contributed by atoms with Gasteiger partial charge in [0.2, 0.25) is 23.8 Å². The number of nitrogens with zero attached hydrogens (tertiary/aromatic N) is 7. The first kappa shape index (κ1) is 23.6. The number of alkyl halides is 3. The summed E-state index contributed by atoms with van der Waals surface area (Å²) in [5, 5.41) is 2.88. The molecule has 0 aliphatic carbocycles. The van der Waals surface area contributed by atoms with Crippen LogP contribution in [0.4, 0.5) is 20.7 Å². The number of hydrogen-bond donors (Lipinski definition) is 1. The molecular weight excluding hydrogens is 482 g/mol. The highest BCUT2D eigenvalue weighted by atomic mass is 35.5. The summed E-state index contributed by atoms with van der Waals surface area (Å²) >= 11 is 5.62. The second-order valence-electron chi connectivity index (χ2n) is 8.52. The monoisotopic (exact) mass is 506 g/mol. The molecule has 0 unspecified atom stereocenters. The van der Waals surface area contributed by atoms with Crippen LogP contribution in [0.1, 0.15) is 24.2 Å². The minimum absolute atomic E-state index is 0.0770. The number of carbonyl (C=O) groups excluding carboxylic acids is 1.